The summed E-state index contributed by atoms with van der Waals surface area (Å²) in [7, 11) is 3.20. The molecule has 1 aromatic carbocycles. The minimum atomic E-state index is -1.07. The number of hydrogen-bond donors (Lipinski definition) is 2. The zero-order valence-electron chi connectivity index (χ0n) is 13.8. The van der Waals surface area contributed by atoms with Crippen LogP contribution in [0.1, 0.15) is 18.4 Å². The second-order valence-electron chi connectivity index (χ2n) is 6.11. The number of piperidine rings is 1. The molecule has 1 aliphatic heterocycles. The number of nitrogens with zero attached hydrogens (tertiary/aromatic N) is 1. The molecule has 0 aromatic heterocycles. The fourth-order valence-electron chi connectivity index (χ4n) is 3.34. The molecule has 1 aromatic rings. The summed E-state index contributed by atoms with van der Waals surface area (Å²) in [6.07, 6.45) is 1.56. The van der Waals surface area contributed by atoms with Crippen molar-refractivity contribution in [1.82, 2.24) is 4.90 Å². The van der Waals surface area contributed by atoms with Crippen LogP contribution in [-0.2, 0) is 15.1 Å². The predicted octanol–water partition coefficient (Wildman–Crippen LogP) is 0.727. The number of amides is 1. The van der Waals surface area contributed by atoms with Crippen molar-refractivity contribution >= 4 is 5.91 Å². The van der Waals surface area contributed by atoms with Crippen molar-refractivity contribution in [3.8, 4) is 5.75 Å². The molecule has 1 saturated heterocycles. The van der Waals surface area contributed by atoms with Gasteiger partial charge in [0.05, 0.1) is 20.3 Å². The lowest BCUT2D eigenvalue weighted by Crippen LogP contribution is -2.47. The highest BCUT2D eigenvalue weighted by molar-refractivity contribution is 5.75. The molecule has 0 bridgehead atoms. The van der Waals surface area contributed by atoms with Gasteiger partial charge in [0.2, 0.25) is 5.91 Å². The molecule has 6 heteroatoms. The molecular formula is C17H26N2O4. The summed E-state index contributed by atoms with van der Waals surface area (Å²) < 4.78 is 10.6. The van der Waals surface area contributed by atoms with Crippen LogP contribution in [-0.4, -0.2) is 56.4 Å². The number of primary amides is 1. The molecule has 23 heavy (non-hydrogen) atoms. The second kappa shape index (κ2) is 7.77. The molecule has 2 rings (SSSR count). The highest BCUT2D eigenvalue weighted by atomic mass is 16.5. The first-order valence-electron chi connectivity index (χ1n) is 7.86. The minimum absolute atomic E-state index is 0.0543. The van der Waals surface area contributed by atoms with Gasteiger partial charge >= 0.3 is 0 Å². The largest absolute Gasteiger partial charge is 0.497 e. The van der Waals surface area contributed by atoms with Crippen molar-refractivity contribution in [3.05, 3.63) is 29.8 Å². The Hall–Kier alpha value is -1.63. The highest BCUT2D eigenvalue weighted by Crippen LogP contribution is 2.38. The Morgan fingerprint density at radius 3 is 2.65 bits per heavy atom. The summed E-state index contributed by atoms with van der Waals surface area (Å²) in [5, 5.41) is 11.3. The van der Waals surface area contributed by atoms with Crippen LogP contribution in [0.5, 0.6) is 5.75 Å². The Kier molecular flexibility index (Phi) is 5.98. The van der Waals surface area contributed by atoms with Crippen LogP contribution in [0.25, 0.3) is 0 Å². The summed E-state index contributed by atoms with van der Waals surface area (Å²) in [5.74, 6) is 0.449. The summed E-state index contributed by atoms with van der Waals surface area (Å²) >= 11 is 0. The lowest BCUT2D eigenvalue weighted by molar-refractivity contribution is -0.121. The Morgan fingerprint density at radius 2 is 2.09 bits per heavy atom. The van der Waals surface area contributed by atoms with Crippen LogP contribution in [0, 0.1) is 5.92 Å². The van der Waals surface area contributed by atoms with Crippen LogP contribution >= 0.6 is 0 Å². The van der Waals surface area contributed by atoms with E-state index in [2.05, 4.69) is 0 Å². The van der Waals surface area contributed by atoms with Gasteiger partial charge in [-0.25, -0.2) is 0 Å². The number of methoxy groups -OCH3 is 2. The van der Waals surface area contributed by atoms with E-state index in [1.165, 1.54) is 0 Å². The van der Waals surface area contributed by atoms with Crippen LogP contribution in [0.15, 0.2) is 24.3 Å². The third-order valence-corrected chi connectivity index (χ3v) is 4.58. The summed E-state index contributed by atoms with van der Waals surface area (Å²) in [5.41, 5.74) is 4.98. The van der Waals surface area contributed by atoms with Gasteiger partial charge in [-0.3, -0.25) is 9.69 Å². The third kappa shape index (κ3) is 4.22. The lowest BCUT2D eigenvalue weighted by atomic mass is 9.76. The third-order valence-electron chi connectivity index (χ3n) is 4.58. The smallest absolute Gasteiger partial charge is 0.231 e. The molecule has 1 fully saturated rings. The Labute approximate surface area is 137 Å². The maximum absolute atomic E-state index is 11.3. The zero-order chi connectivity index (χ0) is 16.9. The average Bonchev–Trinajstić information content (AvgIpc) is 2.55. The number of likely N-dealkylation sites (tertiary alicyclic amines) is 1. The molecule has 0 saturated carbocycles. The van der Waals surface area contributed by atoms with Gasteiger partial charge in [-0.05, 0) is 49.5 Å². The number of hydrogen-bond acceptors (Lipinski definition) is 5. The molecule has 6 nitrogen and oxygen atoms in total. The summed E-state index contributed by atoms with van der Waals surface area (Å²) in [4.78, 5) is 13.1. The van der Waals surface area contributed by atoms with Crippen LogP contribution in [0.2, 0.25) is 0 Å². The van der Waals surface area contributed by atoms with Gasteiger partial charge in [-0.15, -0.1) is 0 Å². The zero-order valence-corrected chi connectivity index (χ0v) is 13.8. The van der Waals surface area contributed by atoms with Gasteiger partial charge in [-0.1, -0.05) is 12.1 Å². The normalized spacial score (nSPS) is 19.3. The van der Waals surface area contributed by atoms with E-state index >= 15 is 0 Å². The van der Waals surface area contributed by atoms with E-state index in [1.807, 2.05) is 29.2 Å². The number of nitrogens with two attached hydrogens (primary N) is 1. The number of benzene rings is 1. The average molecular weight is 322 g/mol. The van der Waals surface area contributed by atoms with E-state index in [0.717, 1.165) is 31.5 Å². The predicted molar refractivity (Wildman–Crippen MR) is 87.1 cm³/mol. The Morgan fingerprint density at radius 1 is 1.39 bits per heavy atom. The van der Waals surface area contributed by atoms with Gasteiger partial charge in [0.25, 0.3) is 0 Å². The minimum Gasteiger partial charge on any atom is -0.497 e. The van der Waals surface area contributed by atoms with Crippen molar-refractivity contribution < 1.29 is 19.4 Å². The number of rotatable bonds is 7. The van der Waals surface area contributed by atoms with E-state index < -0.39 is 5.60 Å². The molecule has 3 N–H and O–H groups in total. The molecule has 0 spiro atoms. The quantitative estimate of drug-likeness (QED) is 0.773. The highest BCUT2D eigenvalue weighted by Gasteiger charge is 2.40. The van der Waals surface area contributed by atoms with Crippen molar-refractivity contribution in [3.63, 3.8) is 0 Å². The molecule has 1 unspecified atom stereocenters. The van der Waals surface area contributed by atoms with Gasteiger partial charge in [0.1, 0.15) is 11.4 Å². The van der Waals surface area contributed by atoms with E-state index in [9.17, 15) is 9.90 Å². The topological polar surface area (TPSA) is 85.0 Å². The van der Waals surface area contributed by atoms with Gasteiger partial charge < -0.3 is 20.3 Å². The molecule has 1 aliphatic rings. The number of ether oxygens (including phenoxy) is 2. The first-order chi connectivity index (χ1) is 11.0. The van der Waals surface area contributed by atoms with Gasteiger partial charge in [-0.2, -0.15) is 0 Å². The maximum atomic E-state index is 11.3. The van der Waals surface area contributed by atoms with Crippen LogP contribution < -0.4 is 10.5 Å². The molecular weight excluding hydrogens is 296 g/mol. The summed E-state index contributed by atoms with van der Waals surface area (Å²) in [6.45, 7) is 1.97. The van der Waals surface area contributed by atoms with E-state index in [-0.39, 0.29) is 25.0 Å². The Bertz CT molecular complexity index is 529. The van der Waals surface area contributed by atoms with E-state index in [1.54, 1.807) is 14.2 Å². The van der Waals surface area contributed by atoms with E-state index in [4.69, 9.17) is 15.2 Å². The first kappa shape index (κ1) is 17.7. The van der Waals surface area contributed by atoms with Crippen molar-refractivity contribution in [2.24, 2.45) is 11.7 Å². The first-order valence-corrected chi connectivity index (χ1v) is 7.86. The number of aliphatic hydroxyl groups is 1. The second-order valence-corrected chi connectivity index (χ2v) is 6.11. The van der Waals surface area contributed by atoms with E-state index in [0.29, 0.717) is 5.75 Å². The molecule has 1 atom stereocenters. The molecule has 1 heterocycles. The number of carbonyl (C=O) groups excluding carboxylic acids is 1. The SMILES string of the molecule is COCC(O)(c1cccc(OC)c1)C1CCN(CC(N)=O)CC1. The lowest BCUT2D eigenvalue weighted by Gasteiger charge is -2.41. The summed E-state index contributed by atoms with van der Waals surface area (Å²) in [6, 6.07) is 7.48. The Balaban J connectivity index is 2.15. The maximum Gasteiger partial charge on any atom is 0.231 e. The fourth-order valence-corrected chi connectivity index (χ4v) is 3.34. The number of carbonyl (C=O) groups is 1. The molecule has 1 amide bonds. The van der Waals surface area contributed by atoms with Crippen molar-refractivity contribution in [2.75, 3.05) is 40.5 Å². The van der Waals surface area contributed by atoms with Crippen molar-refractivity contribution in [1.29, 1.82) is 0 Å². The monoisotopic (exact) mass is 322 g/mol. The fraction of sp³-hybridized carbons (Fsp3) is 0.588. The molecule has 0 aliphatic carbocycles. The van der Waals surface area contributed by atoms with Crippen molar-refractivity contribution in [2.45, 2.75) is 18.4 Å². The standard InChI is InChI=1S/C17H26N2O4/c1-22-12-17(21,14-4-3-5-15(10-14)23-2)13-6-8-19(9-7-13)11-16(18)20/h3-5,10,13,21H,6-9,11-12H2,1-2H3,(H2,18,20). The van der Waals surface area contributed by atoms with Gasteiger partial charge in [0.15, 0.2) is 0 Å². The molecule has 0 radical (unpaired) electrons. The molecule has 128 valence electrons. The van der Waals surface area contributed by atoms with Crippen LogP contribution in [0.4, 0.5) is 0 Å². The van der Waals surface area contributed by atoms with Gasteiger partial charge in [0, 0.05) is 7.11 Å². The van der Waals surface area contributed by atoms with Crippen LogP contribution in [0.3, 0.4) is 0 Å².